The van der Waals surface area contributed by atoms with Crippen LogP contribution in [0.25, 0.3) is 0 Å². The molecule has 4 rings (SSSR count). The molecule has 0 heterocycles. The molecular weight excluding hydrogens is 206 g/mol. The number of nitrogens with one attached hydrogen (secondary N) is 1. The van der Waals surface area contributed by atoms with E-state index in [9.17, 15) is 0 Å². The molecule has 0 amide bonds. The minimum Gasteiger partial charge on any atom is -0.316 e. The molecule has 80 valence electrons. The SMILES string of the molecule is CNC1C2CCC1(c1ccccc1Cl)C2. The van der Waals surface area contributed by atoms with Gasteiger partial charge < -0.3 is 5.32 Å². The molecule has 3 fully saturated rings. The van der Waals surface area contributed by atoms with Gasteiger partial charge in [0, 0.05) is 16.5 Å². The zero-order valence-electron chi connectivity index (χ0n) is 8.96. The second-order valence-corrected chi connectivity index (χ2v) is 5.31. The summed E-state index contributed by atoms with van der Waals surface area (Å²) in [5.74, 6) is 0.881. The lowest BCUT2D eigenvalue weighted by molar-refractivity contribution is 0.157. The molecule has 3 saturated carbocycles. The molecule has 0 radical (unpaired) electrons. The van der Waals surface area contributed by atoms with Crippen LogP contribution in [0, 0.1) is 5.92 Å². The van der Waals surface area contributed by atoms with E-state index < -0.39 is 0 Å². The summed E-state index contributed by atoms with van der Waals surface area (Å²) in [5, 5.41) is 4.41. The molecular formula is C13H16ClN. The molecule has 1 aromatic rings. The van der Waals surface area contributed by atoms with Gasteiger partial charge >= 0.3 is 0 Å². The Balaban J connectivity index is 2.04. The van der Waals surface area contributed by atoms with Gasteiger partial charge in [-0.3, -0.25) is 0 Å². The van der Waals surface area contributed by atoms with Crippen molar-refractivity contribution in [2.24, 2.45) is 5.92 Å². The number of rotatable bonds is 2. The van der Waals surface area contributed by atoms with Crippen LogP contribution in [0.1, 0.15) is 24.8 Å². The fraction of sp³-hybridized carbons (Fsp3) is 0.538. The van der Waals surface area contributed by atoms with Crippen LogP contribution in [0.3, 0.4) is 0 Å². The third kappa shape index (κ3) is 1.14. The van der Waals surface area contributed by atoms with Crippen LogP contribution < -0.4 is 5.32 Å². The van der Waals surface area contributed by atoms with E-state index in [1.807, 2.05) is 12.1 Å². The number of hydrogen-bond acceptors (Lipinski definition) is 1. The van der Waals surface area contributed by atoms with Gasteiger partial charge in [0.25, 0.3) is 0 Å². The normalized spacial score (nSPS) is 37.7. The molecule has 1 aromatic carbocycles. The van der Waals surface area contributed by atoms with Gasteiger partial charge in [-0.1, -0.05) is 29.8 Å². The summed E-state index contributed by atoms with van der Waals surface area (Å²) >= 11 is 6.31. The summed E-state index contributed by atoms with van der Waals surface area (Å²) < 4.78 is 0. The van der Waals surface area contributed by atoms with Crippen molar-refractivity contribution in [3.63, 3.8) is 0 Å². The first-order valence-corrected chi connectivity index (χ1v) is 6.08. The Morgan fingerprint density at radius 3 is 2.87 bits per heavy atom. The fourth-order valence-corrected chi connectivity index (χ4v) is 4.09. The van der Waals surface area contributed by atoms with Crippen molar-refractivity contribution in [3.05, 3.63) is 34.9 Å². The van der Waals surface area contributed by atoms with Crippen LogP contribution in [-0.2, 0) is 5.41 Å². The monoisotopic (exact) mass is 221 g/mol. The quantitative estimate of drug-likeness (QED) is 0.810. The first-order chi connectivity index (χ1) is 7.28. The Bertz CT molecular complexity index is 386. The molecule has 3 unspecified atom stereocenters. The van der Waals surface area contributed by atoms with Crippen molar-refractivity contribution in [1.29, 1.82) is 0 Å². The third-order valence-corrected chi connectivity index (χ3v) is 4.71. The highest BCUT2D eigenvalue weighted by Gasteiger charge is 2.59. The van der Waals surface area contributed by atoms with Gasteiger partial charge in [-0.25, -0.2) is 0 Å². The number of likely N-dealkylation sites (N-methyl/N-ethyl adjacent to an activating group) is 1. The maximum Gasteiger partial charge on any atom is 0.0444 e. The van der Waals surface area contributed by atoms with E-state index in [4.69, 9.17) is 11.6 Å². The Morgan fingerprint density at radius 1 is 1.40 bits per heavy atom. The maximum absolute atomic E-state index is 6.31. The van der Waals surface area contributed by atoms with E-state index in [0.29, 0.717) is 11.5 Å². The molecule has 0 saturated heterocycles. The van der Waals surface area contributed by atoms with Crippen molar-refractivity contribution in [2.45, 2.75) is 30.7 Å². The zero-order valence-corrected chi connectivity index (χ0v) is 9.72. The number of halogens is 1. The lowest BCUT2D eigenvalue weighted by Crippen LogP contribution is -2.56. The molecule has 1 N–H and O–H groups in total. The fourth-order valence-electron chi connectivity index (χ4n) is 3.76. The van der Waals surface area contributed by atoms with Crippen molar-refractivity contribution >= 4 is 11.6 Å². The lowest BCUT2D eigenvalue weighted by atomic mass is 9.61. The highest BCUT2D eigenvalue weighted by Crippen LogP contribution is 2.60. The summed E-state index contributed by atoms with van der Waals surface area (Å²) in [6.07, 6.45) is 3.98. The summed E-state index contributed by atoms with van der Waals surface area (Å²) in [6, 6.07) is 8.99. The van der Waals surface area contributed by atoms with Crippen LogP contribution in [0.4, 0.5) is 0 Å². The molecule has 2 bridgehead atoms. The average Bonchev–Trinajstić information content (AvgIpc) is 2.77. The minimum atomic E-state index is 0.345. The standard InChI is InChI=1S/C13H16ClN/c1-15-12-9-6-7-13(12,8-9)10-4-2-3-5-11(10)14/h2-5,9,12,15H,6-8H2,1H3. The zero-order chi connectivity index (χ0) is 10.5. The van der Waals surface area contributed by atoms with Crippen LogP contribution in [-0.4, -0.2) is 13.1 Å². The third-order valence-electron chi connectivity index (χ3n) is 4.38. The van der Waals surface area contributed by atoms with Gasteiger partial charge in [-0.15, -0.1) is 0 Å². The molecule has 3 aliphatic carbocycles. The van der Waals surface area contributed by atoms with E-state index in [1.165, 1.54) is 24.8 Å². The van der Waals surface area contributed by atoms with Crippen molar-refractivity contribution in [3.8, 4) is 0 Å². The van der Waals surface area contributed by atoms with Crippen LogP contribution in [0.5, 0.6) is 0 Å². The second kappa shape index (κ2) is 3.23. The first kappa shape index (κ1) is 9.68. The predicted molar refractivity (Wildman–Crippen MR) is 63.3 cm³/mol. The highest BCUT2D eigenvalue weighted by molar-refractivity contribution is 6.31. The van der Waals surface area contributed by atoms with Crippen molar-refractivity contribution in [2.75, 3.05) is 7.05 Å². The molecule has 15 heavy (non-hydrogen) atoms. The number of hydrogen-bond donors (Lipinski definition) is 1. The summed E-state index contributed by atoms with van der Waals surface area (Å²) in [4.78, 5) is 0. The summed E-state index contributed by atoms with van der Waals surface area (Å²) in [5.41, 5.74) is 1.71. The Hall–Kier alpha value is -0.530. The van der Waals surface area contributed by atoms with Gasteiger partial charge in [-0.05, 0) is 43.9 Å². The second-order valence-electron chi connectivity index (χ2n) is 4.91. The van der Waals surface area contributed by atoms with Gasteiger partial charge in [0.05, 0.1) is 0 Å². The van der Waals surface area contributed by atoms with E-state index in [-0.39, 0.29) is 0 Å². The van der Waals surface area contributed by atoms with E-state index >= 15 is 0 Å². The van der Waals surface area contributed by atoms with Gasteiger partial charge in [0.1, 0.15) is 0 Å². The molecule has 0 spiro atoms. The molecule has 0 aliphatic heterocycles. The van der Waals surface area contributed by atoms with Crippen LogP contribution in [0.15, 0.2) is 24.3 Å². The van der Waals surface area contributed by atoms with E-state index in [2.05, 4.69) is 24.5 Å². The largest absolute Gasteiger partial charge is 0.316 e. The first-order valence-electron chi connectivity index (χ1n) is 5.70. The molecule has 1 nitrogen and oxygen atoms in total. The molecule has 0 aromatic heterocycles. The Labute approximate surface area is 95.8 Å². The van der Waals surface area contributed by atoms with Crippen LogP contribution in [0.2, 0.25) is 5.02 Å². The number of benzene rings is 1. The van der Waals surface area contributed by atoms with Crippen molar-refractivity contribution < 1.29 is 0 Å². The summed E-state index contributed by atoms with van der Waals surface area (Å²) in [6.45, 7) is 0. The lowest BCUT2D eigenvalue weighted by Gasteiger charge is -2.48. The molecule has 3 aliphatic rings. The Kier molecular flexibility index (Phi) is 2.08. The van der Waals surface area contributed by atoms with E-state index in [0.717, 1.165) is 10.9 Å². The Morgan fingerprint density at radius 2 is 2.20 bits per heavy atom. The number of fused-ring (bicyclic) bond motifs is 1. The van der Waals surface area contributed by atoms with Crippen LogP contribution >= 0.6 is 11.6 Å². The van der Waals surface area contributed by atoms with Gasteiger partial charge in [-0.2, -0.15) is 0 Å². The average molecular weight is 222 g/mol. The van der Waals surface area contributed by atoms with Gasteiger partial charge in [0.15, 0.2) is 0 Å². The topological polar surface area (TPSA) is 12.0 Å². The predicted octanol–water partition coefficient (Wildman–Crippen LogP) is 2.98. The highest BCUT2D eigenvalue weighted by atomic mass is 35.5. The van der Waals surface area contributed by atoms with Gasteiger partial charge in [0.2, 0.25) is 0 Å². The van der Waals surface area contributed by atoms with E-state index in [1.54, 1.807) is 0 Å². The molecule has 2 heteroatoms. The molecule has 3 atom stereocenters. The smallest absolute Gasteiger partial charge is 0.0444 e. The summed E-state index contributed by atoms with van der Waals surface area (Å²) in [7, 11) is 2.08. The maximum atomic E-state index is 6.31. The van der Waals surface area contributed by atoms with Crippen molar-refractivity contribution in [1.82, 2.24) is 5.32 Å². The minimum absolute atomic E-state index is 0.345.